The smallest absolute Gasteiger partial charge is 0.000526 e. The topological polar surface area (TPSA) is 0 Å². The summed E-state index contributed by atoms with van der Waals surface area (Å²) in [6, 6.07) is 0. The van der Waals surface area contributed by atoms with Crippen molar-refractivity contribution in [1.29, 1.82) is 0 Å². The Balaban J connectivity index is 2.17. The fourth-order valence-electron chi connectivity index (χ4n) is 8.25. The van der Waals surface area contributed by atoms with Crippen molar-refractivity contribution in [3.8, 4) is 0 Å². The maximum Gasteiger partial charge on any atom is 0.000526 e. The summed E-state index contributed by atoms with van der Waals surface area (Å²) >= 11 is 0. The van der Waals surface area contributed by atoms with E-state index in [0.29, 0.717) is 0 Å². The van der Waals surface area contributed by atoms with Gasteiger partial charge >= 0.3 is 0 Å². The second-order valence-electron chi connectivity index (χ2n) is 16.2. The van der Waals surface area contributed by atoms with Gasteiger partial charge in [0.2, 0.25) is 0 Å². The quantitative estimate of drug-likeness (QED) is 0.122. The molecule has 0 bridgehead atoms. The summed E-state index contributed by atoms with van der Waals surface area (Å²) in [5, 5.41) is 0. The normalized spacial score (nSPS) is 23.6. The number of hydrogen-bond acceptors (Lipinski definition) is 0. The van der Waals surface area contributed by atoms with Crippen LogP contribution in [0.2, 0.25) is 0 Å². The molecule has 0 saturated heterocycles. The summed E-state index contributed by atoms with van der Waals surface area (Å²) < 4.78 is 0. The molecule has 1 aliphatic rings. The van der Waals surface area contributed by atoms with Crippen molar-refractivity contribution in [3.63, 3.8) is 0 Å². The lowest BCUT2D eigenvalue weighted by atomic mass is 9.78. The number of rotatable bonds is 22. The van der Waals surface area contributed by atoms with Gasteiger partial charge in [-0.05, 0) is 111 Å². The molecule has 0 aromatic rings. The summed E-state index contributed by atoms with van der Waals surface area (Å²) in [7, 11) is 0. The molecular formula is C38H74. The number of allylic oxidation sites excluding steroid dienone is 2. The van der Waals surface area contributed by atoms with E-state index in [9.17, 15) is 0 Å². The van der Waals surface area contributed by atoms with Crippen LogP contribution in [-0.2, 0) is 0 Å². The second kappa shape index (κ2) is 18.2. The third-order valence-corrected chi connectivity index (χ3v) is 10.6. The van der Waals surface area contributed by atoms with Crippen LogP contribution in [0.25, 0.3) is 0 Å². The van der Waals surface area contributed by atoms with Crippen LogP contribution < -0.4 is 0 Å². The van der Waals surface area contributed by atoms with Crippen LogP contribution in [0.1, 0.15) is 161 Å². The minimum atomic E-state index is 0.817. The van der Waals surface area contributed by atoms with Gasteiger partial charge in [0, 0.05) is 5.92 Å². The van der Waals surface area contributed by atoms with Crippen LogP contribution in [0.15, 0.2) is 11.6 Å². The first kappa shape index (κ1) is 35.8. The fourth-order valence-corrected chi connectivity index (χ4v) is 8.25. The van der Waals surface area contributed by atoms with Crippen molar-refractivity contribution in [2.24, 2.45) is 71.0 Å². The van der Waals surface area contributed by atoms with Crippen molar-refractivity contribution in [3.05, 3.63) is 11.6 Å². The van der Waals surface area contributed by atoms with Gasteiger partial charge in [0.05, 0.1) is 0 Å². The van der Waals surface area contributed by atoms with Crippen LogP contribution in [0.5, 0.6) is 0 Å². The van der Waals surface area contributed by atoms with Gasteiger partial charge in [0.25, 0.3) is 0 Å². The lowest BCUT2D eigenvalue weighted by Crippen LogP contribution is -2.19. The predicted molar refractivity (Wildman–Crippen MR) is 175 cm³/mol. The van der Waals surface area contributed by atoms with Gasteiger partial charge in [0.1, 0.15) is 0 Å². The summed E-state index contributed by atoms with van der Waals surface area (Å²) in [6.07, 6.45) is 18.1. The molecule has 1 aliphatic carbocycles. The Hall–Kier alpha value is -0.260. The molecule has 11 unspecified atom stereocenters. The van der Waals surface area contributed by atoms with Crippen molar-refractivity contribution in [2.75, 3.05) is 0 Å². The van der Waals surface area contributed by atoms with E-state index in [4.69, 9.17) is 0 Å². The van der Waals surface area contributed by atoms with Crippen LogP contribution >= 0.6 is 0 Å². The van der Waals surface area contributed by atoms with Crippen molar-refractivity contribution >= 4 is 0 Å². The second-order valence-corrected chi connectivity index (χ2v) is 16.2. The van der Waals surface area contributed by atoms with Gasteiger partial charge < -0.3 is 0 Å². The first-order chi connectivity index (χ1) is 17.7. The molecule has 11 atom stereocenters. The predicted octanol–water partition coefficient (Wildman–Crippen LogP) is 12.9. The first-order valence-electron chi connectivity index (χ1n) is 17.4. The molecule has 226 valence electrons. The highest BCUT2D eigenvalue weighted by Gasteiger charge is 2.32. The molecule has 0 aromatic carbocycles. The van der Waals surface area contributed by atoms with Crippen LogP contribution in [0.3, 0.4) is 0 Å². The van der Waals surface area contributed by atoms with E-state index in [1.54, 1.807) is 5.57 Å². The van der Waals surface area contributed by atoms with Gasteiger partial charge in [-0.3, -0.25) is 0 Å². The van der Waals surface area contributed by atoms with Gasteiger partial charge in [-0.1, -0.05) is 127 Å². The zero-order chi connectivity index (χ0) is 29.0. The molecule has 0 heterocycles. The summed E-state index contributed by atoms with van der Waals surface area (Å²) in [5.41, 5.74) is 1.63. The molecule has 0 saturated carbocycles. The summed E-state index contributed by atoms with van der Waals surface area (Å²) in [6.45, 7) is 32.1. The molecule has 0 radical (unpaired) electrons. The summed E-state index contributed by atoms with van der Waals surface area (Å²) in [5.74, 6) is 10.4. The molecule has 0 aliphatic heterocycles. The number of hydrogen-bond donors (Lipinski definition) is 0. The van der Waals surface area contributed by atoms with E-state index in [2.05, 4.69) is 96.1 Å². The van der Waals surface area contributed by atoms with Crippen molar-refractivity contribution in [1.82, 2.24) is 0 Å². The largest absolute Gasteiger partial charge is 0.0776 e. The molecule has 0 amide bonds. The van der Waals surface area contributed by atoms with E-state index in [-0.39, 0.29) is 0 Å². The average Bonchev–Trinajstić information content (AvgIpc) is 3.51. The zero-order valence-electron chi connectivity index (χ0n) is 28.8. The van der Waals surface area contributed by atoms with Gasteiger partial charge in [-0.2, -0.15) is 0 Å². The molecule has 0 nitrogen and oxygen atoms in total. The fraction of sp³-hybridized carbons (Fsp3) is 0.947. The third-order valence-electron chi connectivity index (χ3n) is 10.6. The Labute approximate surface area is 243 Å². The highest BCUT2D eigenvalue weighted by molar-refractivity contribution is 5.28. The van der Waals surface area contributed by atoms with E-state index < -0.39 is 0 Å². The maximum absolute atomic E-state index is 2.53. The van der Waals surface area contributed by atoms with Gasteiger partial charge in [-0.25, -0.2) is 0 Å². The standard InChI is InChI=1S/C38H74/c1-26(2)19-29(5)21-31(7)23-33(9)24-32(8)22-30(6)20-28(4)16-14-15-27(3)17-18-34(10)36(12)37(13)38-25-35(38)11/h25-34,36-38H,14-24H2,1-13H3. The lowest BCUT2D eigenvalue weighted by molar-refractivity contribution is 0.234. The van der Waals surface area contributed by atoms with E-state index in [1.807, 2.05) is 0 Å². The Morgan fingerprint density at radius 1 is 0.500 bits per heavy atom. The molecular weight excluding hydrogens is 456 g/mol. The Morgan fingerprint density at radius 2 is 0.895 bits per heavy atom. The Bertz CT molecular complexity index is 628. The third kappa shape index (κ3) is 15.5. The molecule has 0 heteroatoms. The highest BCUT2D eigenvalue weighted by Crippen LogP contribution is 2.42. The summed E-state index contributed by atoms with van der Waals surface area (Å²) in [4.78, 5) is 0. The first-order valence-corrected chi connectivity index (χ1v) is 17.4. The maximum atomic E-state index is 2.53. The zero-order valence-corrected chi connectivity index (χ0v) is 28.8. The molecule has 1 rings (SSSR count). The van der Waals surface area contributed by atoms with E-state index in [1.165, 1.54) is 70.6 Å². The van der Waals surface area contributed by atoms with Gasteiger partial charge in [-0.15, -0.1) is 0 Å². The molecule has 0 fully saturated rings. The monoisotopic (exact) mass is 531 g/mol. The van der Waals surface area contributed by atoms with Crippen molar-refractivity contribution in [2.45, 2.75) is 161 Å². The molecule has 0 N–H and O–H groups in total. The van der Waals surface area contributed by atoms with Crippen LogP contribution in [0, 0.1) is 71.0 Å². The van der Waals surface area contributed by atoms with Crippen molar-refractivity contribution < 1.29 is 0 Å². The van der Waals surface area contributed by atoms with Gasteiger partial charge in [0.15, 0.2) is 0 Å². The molecule has 38 heavy (non-hydrogen) atoms. The minimum absolute atomic E-state index is 0.817. The molecule has 0 spiro atoms. The lowest BCUT2D eigenvalue weighted by Gasteiger charge is -2.28. The molecule has 0 aromatic heterocycles. The minimum Gasteiger partial charge on any atom is -0.0776 e. The van der Waals surface area contributed by atoms with E-state index >= 15 is 0 Å². The highest BCUT2D eigenvalue weighted by atomic mass is 14.4. The Kier molecular flexibility index (Phi) is 17.2. The van der Waals surface area contributed by atoms with Crippen LogP contribution in [-0.4, -0.2) is 0 Å². The van der Waals surface area contributed by atoms with E-state index in [0.717, 1.165) is 71.0 Å². The Morgan fingerprint density at radius 3 is 1.32 bits per heavy atom. The average molecular weight is 531 g/mol. The van der Waals surface area contributed by atoms with Crippen LogP contribution in [0.4, 0.5) is 0 Å². The SMILES string of the molecule is CC1=CC1C(C)C(C)C(C)CCC(C)CCCC(C)CC(C)CC(C)CC(C)CC(C)CC(C)CC(C)C.